The summed E-state index contributed by atoms with van der Waals surface area (Å²) in [6.07, 6.45) is 0.807. The minimum Gasteiger partial charge on any atom is -0.497 e. The Hall–Kier alpha value is -3.06. The third kappa shape index (κ3) is 3.65. The number of thiazole rings is 1. The van der Waals surface area contributed by atoms with E-state index in [4.69, 9.17) is 24.3 Å². The van der Waals surface area contributed by atoms with E-state index in [1.54, 1.807) is 32.7 Å². The molecule has 0 amide bonds. The molecule has 0 saturated carbocycles. The second-order valence-electron chi connectivity index (χ2n) is 6.73. The predicted octanol–water partition coefficient (Wildman–Crippen LogP) is 5.16. The van der Waals surface area contributed by atoms with Gasteiger partial charge < -0.3 is 14.2 Å². The van der Waals surface area contributed by atoms with E-state index < -0.39 is 0 Å². The first-order chi connectivity index (χ1) is 14.1. The van der Waals surface area contributed by atoms with Crippen molar-refractivity contribution in [2.45, 2.75) is 19.4 Å². The fraction of sp³-hybridized carbons (Fsp3) is 0.273. The van der Waals surface area contributed by atoms with Crippen LogP contribution in [0.2, 0.25) is 0 Å². The first-order valence-corrected chi connectivity index (χ1v) is 10.2. The largest absolute Gasteiger partial charge is 0.497 e. The fourth-order valence-electron chi connectivity index (χ4n) is 3.52. The van der Waals surface area contributed by atoms with Crippen LogP contribution in [0.3, 0.4) is 0 Å². The molecule has 0 saturated heterocycles. The van der Waals surface area contributed by atoms with Gasteiger partial charge in [-0.1, -0.05) is 12.1 Å². The normalized spacial score (nSPS) is 15.9. The number of hydrogen-bond donors (Lipinski definition) is 0. The molecule has 1 atom stereocenters. The number of methoxy groups -OCH3 is 3. The lowest BCUT2D eigenvalue weighted by Crippen LogP contribution is -2.19. The highest BCUT2D eigenvalue weighted by Gasteiger charge is 2.32. The molecule has 150 valence electrons. The smallest absolute Gasteiger partial charge is 0.207 e. The number of nitrogens with zero attached hydrogens (tertiary/aromatic N) is 3. The molecule has 0 bridgehead atoms. The van der Waals surface area contributed by atoms with Crippen molar-refractivity contribution in [1.29, 1.82) is 0 Å². The van der Waals surface area contributed by atoms with Crippen LogP contribution in [0.15, 0.2) is 52.9 Å². The quantitative estimate of drug-likeness (QED) is 0.563. The van der Waals surface area contributed by atoms with Gasteiger partial charge in [-0.2, -0.15) is 5.10 Å². The van der Waals surface area contributed by atoms with Gasteiger partial charge in [-0.15, -0.1) is 11.3 Å². The highest BCUT2D eigenvalue weighted by Crippen LogP contribution is 2.43. The van der Waals surface area contributed by atoms with Crippen LogP contribution in [-0.2, 0) is 0 Å². The van der Waals surface area contributed by atoms with Gasteiger partial charge in [-0.25, -0.2) is 9.99 Å². The molecule has 2 heterocycles. The van der Waals surface area contributed by atoms with E-state index in [1.165, 1.54) is 0 Å². The van der Waals surface area contributed by atoms with E-state index in [0.717, 1.165) is 45.6 Å². The van der Waals surface area contributed by atoms with Crippen molar-refractivity contribution in [3.05, 3.63) is 53.4 Å². The third-order valence-corrected chi connectivity index (χ3v) is 5.76. The number of para-hydroxylation sites is 1. The minimum absolute atomic E-state index is 0.00918. The zero-order valence-corrected chi connectivity index (χ0v) is 17.7. The lowest BCUT2D eigenvalue weighted by Gasteiger charge is -2.24. The van der Waals surface area contributed by atoms with Crippen LogP contribution in [0.25, 0.3) is 11.3 Å². The van der Waals surface area contributed by atoms with Crippen molar-refractivity contribution >= 4 is 22.2 Å². The maximum atomic E-state index is 5.66. The molecule has 1 aliphatic heterocycles. The molecule has 29 heavy (non-hydrogen) atoms. The van der Waals surface area contributed by atoms with Crippen LogP contribution < -0.4 is 19.2 Å². The molecule has 1 aliphatic rings. The second-order valence-corrected chi connectivity index (χ2v) is 7.56. The highest BCUT2D eigenvalue weighted by molar-refractivity contribution is 7.14. The minimum atomic E-state index is 0.00918. The molecule has 0 N–H and O–H groups in total. The van der Waals surface area contributed by atoms with Gasteiger partial charge in [-0.3, -0.25) is 0 Å². The van der Waals surface area contributed by atoms with Gasteiger partial charge in [0.1, 0.15) is 5.75 Å². The van der Waals surface area contributed by atoms with Gasteiger partial charge in [0.2, 0.25) is 5.13 Å². The summed E-state index contributed by atoms with van der Waals surface area (Å²) in [5.41, 5.74) is 4.06. The maximum Gasteiger partial charge on any atom is 0.207 e. The predicted molar refractivity (Wildman–Crippen MR) is 117 cm³/mol. The Kier molecular flexibility index (Phi) is 5.40. The summed E-state index contributed by atoms with van der Waals surface area (Å²) in [7, 11) is 4.98. The Morgan fingerprint density at radius 3 is 2.48 bits per heavy atom. The van der Waals surface area contributed by atoms with Crippen molar-refractivity contribution in [3.63, 3.8) is 0 Å². The molecule has 0 spiro atoms. The molecule has 6 nitrogen and oxygen atoms in total. The first kappa shape index (κ1) is 19.3. The molecule has 0 unspecified atom stereocenters. The first-order valence-electron chi connectivity index (χ1n) is 9.28. The standard InChI is InChI=1S/C22H23N3O3S/c1-14-12-19(17-6-5-7-20(27-3)21(17)28-4)25(24-14)22-23-18(13-29-22)15-8-10-16(26-2)11-9-15/h5-11,13,19H,12H2,1-4H3/t19-/m0/s1. The molecule has 7 heteroatoms. The SMILES string of the molecule is COc1ccc(-c2csc(N3N=C(C)C[C@H]3c3cccc(OC)c3OC)n2)cc1. The Morgan fingerprint density at radius 1 is 1.00 bits per heavy atom. The van der Waals surface area contributed by atoms with Gasteiger partial charge in [-0.05, 0) is 37.3 Å². The van der Waals surface area contributed by atoms with Gasteiger partial charge in [0.15, 0.2) is 11.5 Å². The molecular weight excluding hydrogens is 386 g/mol. The Morgan fingerprint density at radius 2 is 1.79 bits per heavy atom. The van der Waals surface area contributed by atoms with Crippen molar-refractivity contribution < 1.29 is 14.2 Å². The lowest BCUT2D eigenvalue weighted by molar-refractivity contribution is 0.349. The van der Waals surface area contributed by atoms with Crippen LogP contribution in [0.5, 0.6) is 17.2 Å². The number of anilines is 1. The number of benzene rings is 2. The number of rotatable bonds is 6. The summed E-state index contributed by atoms with van der Waals surface area (Å²) in [4.78, 5) is 4.85. The van der Waals surface area contributed by atoms with Gasteiger partial charge in [0.05, 0.1) is 33.1 Å². The summed E-state index contributed by atoms with van der Waals surface area (Å²) in [5, 5.41) is 9.66. The summed E-state index contributed by atoms with van der Waals surface area (Å²) >= 11 is 1.58. The van der Waals surface area contributed by atoms with Crippen molar-refractivity contribution in [1.82, 2.24) is 4.98 Å². The fourth-order valence-corrected chi connectivity index (χ4v) is 4.35. The number of aromatic nitrogens is 1. The topological polar surface area (TPSA) is 56.2 Å². The monoisotopic (exact) mass is 409 g/mol. The average Bonchev–Trinajstić information content (AvgIpc) is 3.39. The van der Waals surface area contributed by atoms with Crippen molar-refractivity contribution in [3.8, 4) is 28.5 Å². The Balaban J connectivity index is 1.68. The molecule has 1 aromatic heterocycles. The summed E-state index contributed by atoms with van der Waals surface area (Å²) in [6.45, 7) is 2.04. The Labute approximate surface area is 174 Å². The second kappa shape index (κ2) is 8.13. The van der Waals surface area contributed by atoms with E-state index in [0.29, 0.717) is 5.75 Å². The molecule has 2 aromatic carbocycles. The molecule has 4 rings (SSSR count). The summed E-state index contributed by atoms with van der Waals surface area (Å²) in [5.74, 6) is 2.28. The van der Waals surface area contributed by atoms with E-state index in [2.05, 4.69) is 11.4 Å². The van der Waals surface area contributed by atoms with Crippen molar-refractivity contribution in [2.75, 3.05) is 26.3 Å². The van der Waals surface area contributed by atoms with Crippen LogP contribution in [0.1, 0.15) is 24.9 Å². The van der Waals surface area contributed by atoms with E-state index in [9.17, 15) is 0 Å². The summed E-state index contributed by atoms with van der Waals surface area (Å²) < 4.78 is 16.4. The van der Waals surface area contributed by atoms with E-state index >= 15 is 0 Å². The highest BCUT2D eigenvalue weighted by atomic mass is 32.1. The van der Waals surface area contributed by atoms with E-state index in [-0.39, 0.29) is 6.04 Å². The average molecular weight is 410 g/mol. The zero-order valence-electron chi connectivity index (χ0n) is 16.9. The van der Waals surface area contributed by atoms with E-state index in [1.807, 2.05) is 48.3 Å². The van der Waals surface area contributed by atoms with Gasteiger partial charge >= 0.3 is 0 Å². The number of hydrazone groups is 1. The molecule has 0 radical (unpaired) electrons. The molecule has 0 aliphatic carbocycles. The van der Waals surface area contributed by atoms with Crippen LogP contribution in [0, 0.1) is 0 Å². The van der Waals surface area contributed by atoms with Gasteiger partial charge in [0, 0.05) is 28.6 Å². The summed E-state index contributed by atoms with van der Waals surface area (Å²) in [6, 6.07) is 13.9. The van der Waals surface area contributed by atoms with Crippen LogP contribution >= 0.6 is 11.3 Å². The molecule has 3 aromatic rings. The molecule has 0 fully saturated rings. The maximum absolute atomic E-state index is 5.66. The zero-order chi connectivity index (χ0) is 20.4. The molecular formula is C22H23N3O3S. The van der Waals surface area contributed by atoms with Crippen LogP contribution in [0.4, 0.5) is 5.13 Å². The van der Waals surface area contributed by atoms with Gasteiger partial charge in [0.25, 0.3) is 0 Å². The van der Waals surface area contributed by atoms with Crippen LogP contribution in [-0.4, -0.2) is 32.0 Å². The number of hydrogen-bond acceptors (Lipinski definition) is 7. The Bertz CT molecular complexity index is 1030. The lowest BCUT2D eigenvalue weighted by atomic mass is 10.0. The third-order valence-electron chi connectivity index (χ3n) is 4.93. The van der Waals surface area contributed by atoms with Crippen molar-refractivity contribution in [2.24, 2.45) is 5.10 Å². The number of ether oxygens (including phenoxy) is 3.